The normalized spacial score (nSPS) is 10.8. The lowest BCUT2D eigenvalue weighted by atomic mass is 10.0. The molecule has 0 aliphatic heterocycles. The lowest BCUT2D eigenvalue weighted by molar-refractivity contribution is 0.715. The summed E-state index contributed by atoms with van der Waals surface area (Å²) in [5.74, 6) is 0. The molecule has 16 heavy (non-hydrogen) atoms. The summed E-state index contributed by atoms with van der Waals surface area (Å²) in [6, 6.07) is 14.5. The summed E-state index contributed by atoms with van der Waals surface area (Å²) in [4.78, 5) is 0. The first-order valence-corrected chi connectivity index (χ1v) is 5.19. The van der Waals surface area contributed by atoms with Gasteiger partial charge in [-0.3, -0.25) is 4.68 Å². The minimum atomic E-state index is 0.916. The van der Waals surface area contributed by atoms with Crippen molar-refractivity contribution >= 4 is 10.8 Å². The largest absolute Gasteiger partial charge is 0.255 e. The zero-order chi connectivity index (χ0) is 11.0. The van der Waals surface area contributed by atoms with Crippen LogP contribution < -0.4 is 0 Å². The van der Waals surface area contributed by atoms with E-state index in [2.05, 4.69) is 34.6 Å². The van der Waals surface area contributed by atoms with Gasteiger partial charge in [-0.05, 0) is 10.8 Å². The minimum Gasteiger partial charge on any atom is -0.255 e. The number of rotatable bonds is 1. The van der Waals surface area contributed by atoms with Gasteiger partial charge in [0.2, 0.25) is 0 Å². The number of benzene rings is 2. The van der Waals surface area contributed by atoms with Crippen LogP contribution in [0, 0.1) is 0 Å². The smallest absolute Gasteiger partial charge is 0.113 e. The van der Waals surface area contributed by atoms with E-state index in [9.17, 15) is 0 Å². The Morgan fingerprint density at radius 1 is 1.00 bits per heavy atom. The Morgan fingerprint density at radius 3 is 2.62 bits per heavy atom. The highest BCUT2D eigenvalue weighted by molar-refractivity contribution is 5.95. The number of fused-ring (bicyclic) bond motifs is 1. The van der Waals surface area contributed by atoms with Crippen molar-refractivity contribution < 1.29 is 0 Å². The molecule has 0 saturated heterocycles. The molecule has 3 aromatic rings. The van der Waals surface area contributed by atoms with Crippen LogP contribution in [0.3, 0.4) is 0 Å². The molecule has 2 aromatic carbocycles. The summed E-state index contributed by atoms with van der Waals surface area (Å²) in [7, 11) is 1.88. The van der Waals surface area contributed by atoms with E-state index in [-0.39, 0.29) is 0 Å². The average Bonchev–Trinajstić information content (AvgIpc) is 2.75. The molecule has 3 heteroatoms. The molecule has 78 valence electrons. The van der Waals surface area contributed by atoms with E-state index in [0.29, 0.717) is 0 Å². The lowest BCUT2D eigenvalue weighted by Crippen LogP contribution is -1.85. The molecule has 0 unspecified atom stereocenters. The third kappa shape index (κ3) is 1.37. The van der Waals surface area contributed by atoms with Crippen molar-refractivity contribution in [3.05, 3.63) is 48.7 Å². The highest BCUT2D eigenvalue weighted by Gasteiger charge is 2.05. The molecule has 3 nitrogen and oxygen atoms in total. The number of hydrogen-bond donors (Lipinski definition) is 0. The topological polar surface area (TPSA) is 30.7 Å². The number of hydrogen-bond acceptors (Lipinski definition) is 2. The van der Waals surface area contributed by atoms with Crippen molar-refractivity contribution in [2.24, 2.45) is 7.05 Å². The van der Waals surface area contributed by atoms with Crippen LogP contribution in [-0.2, 0) is 7.05 Å². The van der Waals surface area contributed by atoms with Crippen LogP contribution in [-0.4, -0.2) is 15.0 Å². The molecular formula is C13H11N3. The lowest BCUT2D eigenvalue weighted by Gasteiger charge is -2.02. The van der Waals surface area contributed by atoms with Gasteiger partial charge in [-0.2, -0.15) is 0 Å². The summed E-state index contributed by atoms with van der Waals surface area (Å²) in [5, 5.41) is 10.6. The van der Waals surface area contributed by atoms with Crippen molar-refractivity contribution in [3.8, 4) is 11.3 Å². The van der Waals surface area contributed by atoms with E-state index >= 15 is 0 Å². The second-order valence-electron chi connectivity index (χ2n) is 3.80. The van der Waals surface area contributed by atoms with E-state index in [4.69, 9.17) is 0 Å². The highest BCUT2D eigenvalue weighted by atomic mass is 15.4. The van der Waals surface area contributed by atoms with E-state index in [1.807, 2.05) is 31.4 Å². The Kier molecular flexibility index (Phi) is 1.96. The fourth-order valence-corrected chi connectivity index (χ4v) is 1.92. The van der Waals surface area contributed by atoms with Gasteiger partial charge in [-0.25, -0.2) is 0 Å². The Balaban J connectivity index is 2.31. The third-order valence-electron chi connectivity index (χ3n) is 2.67. The van der Waals surface area contributed by atoms with Crippen molar-refractivity contribution in [2.45, 2.75) is 0 Å². The summed E-state index contributed by atoms with van der Waals surface area (Å²) in [6.45, 7) is 0. The van der Waals surface area contributed by atoms with Gasteiger partial charge in [0.1, 0.15) is 5.69 Å². The van der Waals surface area contributed by atoms with Gasteiger partial charge in [0.25, 0.3) is 0 Å². The minimum absolute atomic E-state index is 0.916. The number of aryl methyl sites for hydroxylation is 1. The Labute approximate surface area is 93.3 Å². The fraction of sp³-hybridized carbons (Fsp3) is 0.0769. The van der Waals surface area contributed by atoms with Gasteiger partial charge in [0.05, 0.1) is 6.20 Å². The van der Waals surface area contributed by atoms with Gasteiger partial charge in [-0.1, -0.05) is 47.7 Å². The first-order chi connectivity index (χ1) is 7.84. The van der Waals surface area contributed by atoms with Crippen LogP contribution in [0.5, 0.6) is 0 Å². The second-order valence-corrected chi connectivity index (χ2v) is 3.80. The monoisotopic (exact) mass is 209 g/mol. The van der Waals surface area contributed by atoms with Gasteiger partial charge in [-0.15, -0.1) is 5.10 Å². The van der Waals surface area contributed by atoms with Gasteiger partial charge < -0.3 is 0 Å². The average molecular weight is 209 g/mol. The summed E-state index contributed by atoms with van der Waals surface area (Å²) >= 11 is 0. The van der Waals surface area contributed by atoms with Gasteiger partial charge in [0, 0.05) is 12.6 Å². The van der Waals surface area contributed by atoms with Gasteiger partial charge in [0.15, 0.2) is 0 Å². The fourth-order valence-electron chi connectivity index (χ4n) is 1.92. The van der Waals surface area contributed by atoms with Crippen LogP contribution in [0.4, 0.5) is 0 Å². The van der Waals surface area contributed by atoms with Crippen LogP contribution in [0.2, 0.25) is 0 Å². The maximum Gasteiger partial charge on any atom is 0.113 e. The molecule has 0 radical (unpaired) electrons. The van der Waals surface area contributed by atoms with Crippen molar-refractivity contribution in [1.82, 2.24) is 15.0 Å². The molecular weight excluding hydrogens is 198 g/mol. The van der Waals surface area contributed by atoms with Crippen LogP contribution in [0.15, 0.2) is 48.7 Å². The first kappa shape index (κ1) is 9.09. The highest BCUT2D eigenvalue weighted by Crippen LogP contribution is 2.26. The molecule has 0 saturated carbocycles. The van der Waals surface area contributed by atoms with Crippen molar-refractivity contribution in [1.29, 1.82) is 0 Å². The molecule has 0 fully saturated rings. The summed E-state index contributed by atoms with van der Waals surface area (Å²) < 4.78 is 1.72. The molecule has 3 rings (SSSR count). The van der Waals surface area contributed by atoms with E-state index < -0.39 is 0 Å². The Bertz CT molecular complexity index is 635. The van der Waals surface area contributed by atoms with Gasteiger partial charge >= 0.3 is 0 Å². The molecule has 0 spiro atoms. The van der Waals surface area contributed by atoms with Crippen LogP contribution in [0.25, 0.3) is 22.0 Å². The predicted molar refractivity (Wildman–Crippen MR) is 63.9 cm³/mol. The van der Waals surface area contributed by atoms with E-state index in [1.165, 1.54) is 10.8 Å². The molecule has 1 heterocycles. The van der Waals surface area contributed by atoms with Crippen LogP contribution in [0.1, 0.15) is 0 Å². The molecule has 0 N–H and O–H groups in total. The third-order valence-corrected chi connectivity index (χ3v) is 2.67. The zero-order valence-corrected chi connectivity index (χ0v) is 8.96. The van der Waals surface area contributed by atoms with E-state index in [1.54, 1.807) is 4.68 Å². The number of aromatic nitrogens is 3. The van der Waals surface area contributed by atoms with Crippen LogP contribution >= 0.6 is 0 Å². The second kappa shape index (κ2) is 3.45. The summed E-state index contributed by atoms with van der Waals surface area (Å²) in [6.07, 6.45) is 1.93. The molecule has 0 bridgehead atoms. The molecule has 0 atom stereocenters. The molecule has 1 aromatic heterocycles. The maximum absolute atomic E-state index is 4.15. The number of nitrogens with zero attached hydrogens (tertiary/aromatic N) is 3. The SMILES string of the molecule is Cn1cc(-c2cccc3ccccc23)nn1. The zero-order valence-electron chi connectivity index (χ0n) is 8.96. The Hall–Kier alpha value is -2.16. The molecule has 0 aliphatic carbocycles. The van der Waals surface area contributed by atoms with Crippen molar-refractivity contribution in [3.63, 3.8) is 0 Å². The van der Waals surface area contributed by atoms with E-state index in [0.717, 1.165) is 11.3 Å². The predicted octanol–water partition coefficient (Wildman–Crippen LogP) is 2.64. The maximum atomic E-state index is 4.15. The first-order valence-electron chi connectivity index (χ1n) is 5.19. The standard InChI is InChI=1S/C13H11N3/c1-16-9-13(14-15-16)12-8-4-6-10-5-2-3-7-11(10)12/h2-9H,1H3. The quantitative estimate of drug-likeness (QED) is 0.616. The molecule has 0 aliphatic rings. The molecule has 0 amide bonds. The summed E-state index contributed by atoms with van der Waals surface area (Å²) in [5.41, 5.74) is 2.05. The van der Waals surface area contributed by atoms with Crippen molar-refractivity contribution in [2.75, 3.05) is 0 Å². The Morgan fingerprint density at radius 2 is 1.81 bits per heavy atom.